The zero-order valence-electron chi connectivity index (χ0n) is 11.4. The number of rotatable bonds is 5. The number of benzene rings is 1. The van der Waals surface area contributed by atoms with Gasteiger partial charge in [0.25, 0.3) is 5.91 Å². The Labute approximate surface area is 122 Å². The van der Waals surface area contributed by atoms with Crippen LogP contribution in [0.4, 0.5) is 0 Å². The number of nitrogens with zero attached hydrogens (tertiary/aromatic N) is 2. The Balaban J connectivity index is 2.97. The number of hydrogen-bond donors (Lipinski definition) is 3. The number of amides is 1. The van der Waals surface area contributed by atoms with Gasteiger partial charge in [0.15, 0.2) is 0 Å². The van der Waals surface area contributed by atoms with E-state index in [9.17, 15) is 9.90 Å². The van der Waals surface area contributed by atoms with Gasteiger partial charge in [0.1, 0.15) is 11.6 Å². The highest BCUT2D eigenvalue weighted by Crippen LogP contribution is 2.23. The second-order valence-corrected chi connectivity index (χ2v) is 5.03. The van der Waals surface area contributed by atoms with E-state index in [0.29, 0.717) is 5.02 Å². The van der Waals surface area contributed by atoms with Crippen molar-refractivity contribution in [2.24, 2.45) is 10.9 Å². The fourth-order valence-corrected chi connectivity index (χ4v) is 1.89. The maximum atomic E-state index is 12.4. The third-order valence-corrected chi connectivity index (χ3v) is 3.05. The predicted octanol–water partition coefficient (Wildman–Crippen LogP) is 2.03. The van der Waals surface area contributed by atoms with Crippen LogP contribution in [0, 0.1) is 0 Å². The molecule has 1 aromatic rings. The molecule has 0 heterocycles. The number of nitrogens with two attached hydrogens (primary N) is 1. The smallest absolute Gasteiger partial charge is 0.257 e. The molecule has 20 heavy (non-hydrogen) atoms. The Hall–Kier alpha value is -1.95. The number of carbonyl (C=O) groups excluding carboxylic acids is 1. The molecule has 1 amide bonds. The van der Waals surface area contributed by atoms with Crippen molar-refractivity contribution >= 4 is 23.3 Å². The molecule has 1 rings (SSSR count). The summed E-state index contributed by atoms with van der Waals surface area (Å²) in [5.74, 6) is -0.446. The van der Waals surface area contributed by atoms with Crippen molar-refractivity contribution in [3.8, 4) is 5.75 Å². The molecule has 0 aliphatic heterocycles. The number of phenolic OH excluding ortho intramolecular Hbond substituents is 1. The molecule has 0 aromatic heterocycles. The maximum Gasteiger partial charge on any atom is 0.257 e. The third-order valence-electron chi connectivity index (χ3n) is 2.81. The molecule has 0 aliphatic rings. The van der Waals surface area contributed by atoms with E-state index in [1.165, 1.54) is 23.1 Å². The van der Waals surface area contributed by atoms with Crippen LogP contribution in [0.2, 0.25) is 5.02 Å². The van der Waals surface area contributed by atoms with Gasteiger partial charge in [-0.15, -0.1) is 0 Å². The molecule has 0 radical (unpaired) electrons. The largest absolute Gasteiger partial charge is 0.507 e. The lowest BCUT2D eigenvalue weighted by molar-refractivity contribution is 0.0708. The number of halogens is 1. The lowest BCUT2D eigenvalue weighted by Crippen LogP contribution is -2.39. The summed E-state index contributed by atoms with van der Waals surface area (Å²) in [5, 5.41) is 21.5. The van der Waals surface area contributed by atoms with Gasteiger partial charge in [-0.25, -0.2) is 0 Å². The number of phenols is 1. The molecule has 0 fully saturated rings. The minimum atomic E-state index is -0.356. The highest BCUT2D eigenvalue weighted by atomic mass is 35.5. The van der Waals surface area contributed by atoms with Crippen LogP contribution in [0.15, 0.2) is 23.4 Å². The molecule has 0 saturated carbocycles. The van der Waals surface area contributed by atoms with Crippen LogP contribution in [-0.2, 0) is 0 Å². The van der Waals surface area contributed by atoms with E-state index >= 15 is 0 Å². The Bertz CT molecular complexity index is 518. The van der Waals surface area contributed by atoms with Crippen LogP contribution >= 0.6 is 11.6 Å². The van der Waals surface area contributed by atoms with E-state index in [2.05, 4.69) is 5.16 Å². The third kappa shape index (κ3) is 4.03. The maximum absolute atomic E-state index is 12.4. The van der Waals surface area contributed by atoms with E-state index in [0.717, 1.165) is 0 Å². The first-order valence-electron chi connectivity index (χ1n) is 6.12. The number of amidine groups is 1. The number of hydrogen-bond acceptors (Lipinski definition) is 4. The van der Waals surface area contributed by atoms with E-state index < -0.39 is 0 Å². The van der Waals surface area contributed by atoms with E-state index in [4.69, 9.17) is 22.5 Å². The van der Waals surface area contributed by atoms with Gasteiger partial charge in [0, 0.05) is 24.0 Å². The lowest BCUT2D eigenvalue weighted by atomic mass is 10.1. The fourth-order valence-electron chi connectivity index (χ4n) is 1.71. The van der Waals surface area contributed by atoms with Crippen molar-refractivity contribution in [1.82, 2.24) is 4.90 Å². The molecule has 110 valence electrons. The molecule has 0 bridgehead atoms. The minimum Gasteiger partial charge on any atom is -0.507 e. The van der Waals surface area contributed by atoms with Crippen molar-refractivity contribution in [3.63, 3.8) is 0 Å². The Morgan fingerprint density at radius 1 is 1.50 bits per heavy atom. The summed E-state index contributed by atoms with van der Waals surface area (Å²) in [6.45, 7) is 3.95. The normalized spacial score (nSPS) is 11.7. The van der Waals surface area contributed by atoms with Crippen molar-refractivity contribution < 1.29 is 15.1 Å². The molecule has 0 saturated heterocycles. The molecule has 4 N–H and O–H groups in total. The standard InChI is InChI=1S/C13H18ClN3O3/c1-8(2)17(6-5-12(15)16-20)13(19)10-7-9(14)3-4-11(10)18/h3-4,7-8,18,20H,5-6H2,1-2H3,(H2,15,16). The highest BCUT2D eigenvalue weighted by molar-refractivity contribution is 6.31. The molecular formula is C13H18ClN3O3. The van der Waals surface area contributed by atoms with Gasteiger partial charge in [-0.2, -0.15) is 0 Å². The van der Waals surface area contributed by atoms with Crippen LogP contribution in [0.1, 0.15) is 30.6 Å². The summed E-state index contributed by atoms with van der Waals surface area (Å²) in [6.07, 6.45) is 0.238. The SMILES string of the molecule is CC(C)N(CCC(N)=NO)C(=O)c1cc(Cl)ccc1O. The summed E-state index contributed by atoms with van der Waals surface area (Å²) >= 11 is 5.84. The second kappa shape index (κ2) is 7.00. The lowest BCUT2D eigenvalue weighted by Gasteiger charge is -2.27. The molecule has 0 aliphatic carbocycles. The molecule has 6 nitrogen and oxygen atoms in total. The van der Waals surface area contributed by atoms with E-state index in [1.807, 2.05) is 13.8 Å². The second-order valence-electron chi connectivity index (χ2n) is 4.60. The Morgan fingerprint density at radius 3 is 2.70 bits per heavy atom. The molecular weight excluding hydrogens is 282 g/mol. The first-order chi connectivity index (χ1) is 9.36. The highest BCUT2D eigenvalue weighted by Gasteiger charge is 2.21. The summed E-state index contributed by atoms with van der Waals surface area (Å²) < 4.78 is 0. The monoisotopic (exact) mass is 299 g/mol. The summed E-state index contributed by atoms with van der Waals surface area (Å²) in [6, 6.07) is 4.19. The van der Waals surface area contributed by atoms with Gasteiger partial charge >= 0.3 is 0 Å². The summed E-state index contributed by atoms with van der Waals surface area (Å²) in [5.41, 5.74) is 5.54. The predicted molar refractivity (Wildman–Crippen MR) is 77.3 cm³/mol. The first-order valence-corrected chi connectivity index (χ1v) is 6.50. The van der Waals surface area contributed by atoms with Gasteiger partial charge in [-0.3, -0.25) is 4.79 Å². The van der Waals surface area contributed by atoms with Gasteiger partial charge in [0.2, 0.25) is 0 Å². The minimum absolute atomic E-state index is 0.0405. The van der Waals surface area contributed by atoms with Gasteiger partial charge < -0.3 is 20.9 Å². The zero-order valence-corrected chi connectivity index (χ0v) is 12.1. The average molecular weight is 300 g/mol. The number of carbonyl (C=O) groups is 1. The molecule has 7 heteroatoms. The van der Waals surface area contributed by atoms with Crippen molar-refractivity contribution in [3.05, 3.63) is 28.8 Å². The fraction of sp³-hybridized carbons (Fsp3) is 0.385. The zero-order chi connectivity index (χ0) is 15.3. The van der Waals surface area contributed by atoms with Crippen LogP contribution in [-0.4, -0.2) is 39.5 Å². The van der Waals surface area contributed by atoms with Crippen molar-refractivity contribution in [1.29, 1.82) is 0 Å². The topological polar surface area (TPSA) is 99.1 Å². The molecule has 0 unspecified atom stereocenters. The summed E-state index contributed by atoms with van der Waals surface area (Å²) in [4.78, 5) is 13.9. The van der Waals surface area contributed by atoms with Gasteiger partial charge in [-0.1, -0.05) is 16.8 Å². The Kier molecular flexibility index (Phi) is 5.64. The Morgan fingerprint density at radius 2 is 2.15 bits per heavy atom. The molecule has 0 atom stereocenters. The van der Waals surface area contributed by atoms with E-state index in [1.54, 1.807) is 0 Å². The van der Waals surface area contributed by atoms with Crippen molar-refractivity contribution in [2.75, 3.05) is 6.54 Å². The number of aromatic hydroxyl groups is 1. The van der Waals surface area contributed by atoms with Gasteiger partial charge in [-0.05, 0) is 32.0 Å². The van der Waals surface area contributed by atoms with Crippen LogP contribution < -0.4 is 5.73 Å². The van der Waals surface area contributed by atoms with Crippen LogP contribution in [0.5, 0.6) is 5.75 Å². The molecule has 1 aromatic carbocycles. The average Bonchev–Trinajstić information content (AvgIpc) is 2.40. The van der Waals surface area contributed by atoms with Crippen molar-refractivity contribution in [2.45, 2.75) is 26.3 Å². The summed E-state index contributed by atoms with van der Waals surface area (Å²) in [7, 11) is 0. The van der Waals surface area contributed by atoms with E-state index in [-0.39, 0.29) is 42.1 Å². The molecule has 0 spiro atoms. The quantitative estimate of drug-likeness (QED) is 0.335. The van der Waals surface area contributed by atoms with Crippen LogP contribution in [0.3, 0.4) is 0 Å². The first kappa shape index (κ1) is 16.1. The van der Waals surface area contributed by atoms with Gasteiger partial charge in [0.05, 0.1) is 5.56 Å². The van der Waals surface area contributed by atoms with Crippen LogP contribution in [0.25, 0.3) is 0 Å². The number of oxime groups is 1.